The van der Waals surface area contributed by atoms with Crippen LogP contribution in [0.4, 0.5) is 5.69 Å². The maximum atomic E-state index is 12.3. The molecule has 0 radical (unpaired) electrons. The van der Waals surface area contributed by atoms with E-state index >= 15 is 0 Å². The van der Waals surface area contributed by atoms with E-state index in [2.05, 4.69) is 0 Å². The fourth-order valence-corrected chi connectivity index (χ4v) is 3.83. The molecule has 0 amide bonds. The van der Waals surface area contributed by atoms with Crippen molar-refractivity contribution in [1.82, 2.24) is 4.90 Å². The van der Waals surface area contributed by atoms with Crippen molar-refractivity contribution in [3.05, 3.63) is 94.5 Å². The summed E-state index contributed by atoms with van der Waals surface area (Å²) < 4.78 is 10.3. The monoisotopic (exact) mass is 420 g/mol. The molecule has 1 heterocycles. The standard InChI is InChI=1S/C24H21ClN2O3/c1-29-19-11-8-17(9-12-19)24-26-21-13-10-18(25)14-20(21)23(16-6-4-3-5-7-16)27(24)15-22(28)30-2/h3-14,23H,15H2,1-2H3. The third-order valence-electron chi connectivity index (χ3n) is 5.08. The first-order valence-electron chi connectivity index (χ1n) is 9.51. The van der Waals surface area contributed by atoms with Gasteiger partial charge in [-0.1, -0.05) is 41.9 Å². The van der Waals surface area contributed by atoms with Gasteiger partial charge in [0, 0.05) is 16.1 Å². The topological polar surface area (TPSA) is 51.1 Å². The minimum absolute atomic E-state index is 0.0485. The van der Waals surface area contributed by atoms with Crippen molar-refractivity contribution < 1.29 is 14.3 Å². The van der Waals surface area contributed by atoms with Gasteiger partial charge in [-0.05, 0) is 48.0 Å². The van der Waals surface area contributed by atoms with Crippen LogP contribution in [0.15, 0.2) is 77.8 Å². The van der Waals surface area contributed by atoms with Gasteiger partial charge in [0.15, 0.2) is 0 Å². The maximum absolute atomic E-state index is 12.3. The van der Waals surface area contributed by atoms with Gasteiger partial charge < -0.3 is 14.4 Å². The number of carbonyl (C=O) groups is 1. The lowest BCUT2D eigenvalue weighted by Gasteiger charge is -2.38. The molecule has 1 atom stereocenters. The molecular formula is C24H21ClN2O3. The molecule has 1 unspecified atom stereocenters. The van der Waals surface area contributed by atoms with E-state index in [0.717, 1.165) is 28.1 Å². The SMILES string of the molecule is COC(=O)CN1C(c2ccc(OC)cc2)=Nc2ccc(Cl)cc2C1c1ccccc1. The van der Waals surface area contributed by atoms with Crippen LogP contribution in [0.1, 0.15) is 22.7 Å². The highest BCUT2D eigenvalue weighted by Crippen LogP contribution is 2.41. The summed E-state index contributed by atoms with van der Waals surface area (Å²) in [5.41, 5.74) is 3.67. The van der Waals surface area contributed by atoms with E-state index in [1.54, 1.807) is 7.11 Å². The molecule has 5 nitrogen and oxygen atoms in total. The zero-order valence-electron chi connectivity index (χ0n) is 16.7. The molecule has 4 rings (SSSR count). The zero-order chi connectivity index (χ0) is 21.1. The Bertz CT molecular complexity index is 1080. The van der Waals surface area contributed by atoms with Crippen LogP contribution in [0, 0.1) is 0 Å². The normalized spacial score (nSPS) is 15.2. The fraction of sp³-hybridized carbons (Fsp3) is 0.167. The van der Waals surface area contributed by atoms with Gasteiger partial charge in [-0.2, -0.15) is 0 Å². The van der Waals surface area contributed by atoms with Crippen molar-refractivity contribution >= 4 is 29.1 Å². The summed E-state index contributed by atoms with van der Waals surface area (Å²) in [4.78, 5) is 19.2. The zero-order valence-corrected chi connectivity index (χ0v) is 17.5. The van der Waals surface area contributed by atoms with Gasteiger partial charge in [-0.3, -0.25) is 4.79 Å². The molecule has 0 saturated heterocycles. The number of esters is 1. The Labute approximate surface area is 180 Å². The predicted molar refractivity (Wildman–Crippen MR) is 118 cm³/mol. The number of nitrogens with zero attached hydrogens (tertiary/aromatic N) is 2. The molecule has 0 saturated carbocycles. The van der Waals surface area contributed by atoms with Crippen molar-refractivity contribution in [2.45, 2.75) is 6.04 Å². The lowest BCUT2D eigenvalue weighted by molar-refractivity contribution is -0.141. The number of halogens is 1. The van der Waals surface area contributed by atoms with Crippen LogP contribution in [0.5, 0.6) is 5.75 Å². The van der Waals surface area contributed by atoms with E-state index in [-0.39, 0.29) is 18.6 Å². The lowest BCUT2D eigenvalue weighted by Crippen LogP contribution is -2.42. The van der Waals surface area contributed by atoms with Gasteiger partial charge in [0.25, 0.3) is 0 Å². The van der Waals surface area contributed by atoms with Gasteiger partial charge in [-0.15, -0.1) is 0 Å². The van der Waals surface area contributed by atoms with Crippen molar-refractivity contribution in [2.24, 2.45) is 4.99 Å². The molecule has 1 aliphatic rings. The largest absolute Gasteiger partial charge is 0.497 e. The van der Waals surface area contributed by atoms with Gasteiger partial charge in [0.2, 0.25) is 0 Å². The highest BCUT2D eigenvalue weighted by atomic mass is 35.5. The number of aliphatic imine (C=N–C) groups is 1. The highest BCUT2D eigenvalue weighted by Gasteiger charge is 2.33. The summed E-state index contributed by atoms with van der Waals surface area (Å²) in [6.07, 6.45) is 0. The van der Waals surface area contributed by atoms with Crippen LogP contribution < -0.4 is 4.74 Å². The first kappa shape index (κ1) is 20.0. The fourth-order valence-electron chi connectivity index (χ4n) is 3.65. The van der Waals surface area contributed by atoms with Crippen LogP contribution in [0.2, 0.25) is 5.02 Å². The first-order chi connectivity index (χ1) is 14.6. The summed E-state index contributed by atoms with van der Waals surface area (Å²) in [6, 6.07) is 23.0. The Morgan fingerprint density at radius 1 is 1.03 bits per heavy atom. The number of carbonyl (C=O) groups excluding carboxylic acids is 1. The molecule has 0 fully saturated rings. The number of benzene rings is 3. The van der Waals surface area contributed by atoms with Crippen molar-refractivity contribution in [3.63, 3.8) is 0 Å². The molecule has 0 bridgehead atoms. The van der Waals surface area contributed by atoms with Gasteiger partial charge in [0.05, 0.1) is 25.9 Å². The van der Waals surface area contributed by atoms with Crippen molar-refractivity contribution in [3.8, 4) is 5.75 Å². The molecule has 0 aromatic heterocycles. The number of fused-ring (bicyclic) bond motifs is 1. The van der Waals surface area contributed by atoms with Crippen LogP contribution in [-0.2, 0) is 9.53 Å². The molecular weight excluding hydrogens is 400 g/mol. The van der Waals surface area contributed by atoms with E-state index in [1.165, 1.54) is 7.11 Å². The molecule has 152 valence electrons. The maximum Gasteiger partial charge on any atom is 0.325 e. The third kappa shape index (κ3) is 3.89. The second kappa shape index (κ2) is 8.59. The van der Waals surface area contributed by atoms with Crippen molar-refractivity contribution in [2.75, 3.05) is 20.8 Å². The molecule has 0 spiro atoms. The molecule has 3 aromatic rings. The average molecular weight is 421 g/mol. The summed E-state index contributed by atoms with van der Waals surface area (Å²) in [5, 5.41) is 0.621. The Kier molecular flexibility index (Phi) is 5.72. The van der Waals surface area contributed by atoms with Crippen LogP contribution in [-0.4, -0.2) is 37.5 Å². The van der Waals surface area contributed by atoms with Crippen LogP contribution >= 0.6 is 11.6 Å². The minimum atomic E-state index is -0.345. The smallest absolute Gasteiger partial charge is 0.325 e. The quantitative estimate of drug-likeness (QED) is 0.545. The van der Waals surface area contributed by atoms with E-state index < -0.39 is 0 Å². The Hall–Kier alpha value is -3.31. The lowest BCUT2D eigenvalue weighted by atomic mass is 9.93. The van der Waals surface area contributed by atoms with E-state index in [4.69, 9.17) is 26.1 Å². The summed E-state index contributed by atoms with van der Waals surface area (Å²) >= 11 is 6.32. The Balaban J connectivity index is 1.91. The Morgan fingerprint density at radius 3 is 2.43 bits per heavy atom. The molecule has 3 aromatic carbocycles. The molecule has 0 N–H and O–H groups in total. The number of rotatable bonds is 5. The number of methoxy groups -OCH3 is 2. The van der Waals surface area contributed by atoms with Gasteiger partial charge in [-0.25, -0.2) is 4.99 Å². The second-order valence-corrected chi connectivity index (χ2v) is 7.32. The average Bonchev–Trinajstić information content (AvgIpc) is 2.79. The van der Waals surface area contributed by atoms with E-state index in [0.29, 0.717) is 10.9 Å². The van der Waals surface area contributed by atoms with E-state index in [1.807, 2.05) is 77.7 Å². The molecule has 0 aliphatic carbocycles. The van der Waals surface area contributed by atoms with Crippen LogP contribution in [0.25, 0.3) is 0 Å². The summed E-state index contributed by atoms with van der Waals surface area (Å²) in [7, 11) is 3.01. The molecule has 1 aliphatic heterocycles. The highest BCUT2D eigenvalue weighted by molar-refractivity contribution is 6.30. The van der Waals surface area contributed by atoms with Gasteiger partial charge >= 0.3 is 5.97 Å². The number of hydrogen-bond donors (Lipinski definition) is 0. The first-order valence-corrected chi connectivity index (χ1v) is 9.89. The molecule has 6 heteroatoms. The second-order valence-electron chi connectivity index (χ2n) is 6.88. The summed E-state index contributed by atoms with van der Waals surface area (Å²) in [5.74, 6) is 1.09. The van der Waals surface area contributed by atoms with E-state index in [9.17, 15) is 4.79 Å². The summed E-state index contributed by atoms with van der Waals surface area (Å²) in [6.45, 7) is 0.0485. The molecule has 30 heavy (non-hydrogen) atoms. The number of ether oxygens (including phenoxy) is 2. The predicted octanol–water partition coefficient (Wildman–Crippen LogP) is 5.00. The Morgan fingerprint density at radius 2 is 1.77 bits per heavy atom. The number of amidine groups is 1. The minimum Gasteiger partial charge on any atom is -0.497 e. The third-order valence-corrected chi connectivity index (χ3v) is 5.32. The number of hydrogen-bond acceptors (Lipinski definition) is 5. The van der Waals surface area contributed by atoms with Gasteiger partial charge in [0.1, 0.15) is 18.1 Å². The van der Waals surface area contributed by atoms with Crippen LogP contribution in [0.3, 0.4) is 0 Å². The van der Waals surface area contributed by atoms with Crippen molar-refractivity contribution in [1.29, 1.82) is 0 Å².